The number of hydrogen-bond acceptors (Lipinski definition) is 5. The van der Waals surface area contributed by atoms with Gasteiger partial charge >= 0.3 is 6.18 Å². The Kier molecular flexibility index (Phi) is 5.69. The number of primary sulfonamides is 1. The number of anilines is 1. The maximum atomic E-state index is 13.2. The molecule has 146 valence electrons. The van der Waals surface area contributed by atoms with E-state index in [4.69, 9.17) is 5.14 Å². The van der Waals surface area contributed by atoms with Crippen LogP contribution in [0.15, 0.2) is 26.3 Å². The van der Waals surface area contributed by atoms with Crippen LogP contribution in [0.1, 0.15) is 44.6 Å². The number of amidine groups is 1. The second-order valence-electron chi connectivity index (χ2n) is 5.84. The summed E-state index contributed by atoms with van der Waals surface area (Å²) in [5, 5.41) is 7.37. The summed E-state index contributed by atoms with van der Waals surface area (Å²) in [4.78, 5) is -1.97. The van der Waals surface area contributed by atoms with E-state index in [2.05, 4.69) is 9.71 Å². The largest absolute Gasteiger partial charge is 0.417 e. The van der Waals surface area contributed by atoms with Gasteiger partial charge in [0.05, 0.1) is 16.1 Å². The van der Waals surface area contributed by atoms with Gasteiger partial charge in [0.15, 0.2) is 0 Å². The zero-order valence-electron chi connectivity index (χ0n) is 13.8. The summed E-state index contributed by atoms with van der Waals surface area (Å²) >= 11 is 0. The van der Waals surface area contributed by atoms with Crippen LogP contribution in [0.5, 0.6) is 0 Å². The highest BCUT2D eigenvalue weighted by Gasteiger charge is 2.39. The van der Waals surface area contributed by atoms with E-state index in [1.165, 1.54) is 0 Å². The smallest absolute Gasteiger partial charge is 0.342 e. The molecule has 0 atom stereocenters. The van der Waals surface area contributed by atoms with E-state index in [0.29, 0.717) is 18.6 Å². The summed E-state index contributed by atoms with van der Waals surface area (Å²) in [7, 11) is -9.14. The van der Waals surface area contributed by atoms with Crippen molar-refractivity contribution in [3.63, 3.8) is 0 Å². The molecule has 3 N–H and O–H groups in total. The van der Waals surface area contributed by atoms with Crippen LogP contribution in [0.3, 0.4) is 0 Å². The number of hydrogen-bond donors (Lipinski definition) is 2. The first-order chi connectivity index (χ1) is 11.9. The topological polar surface area (TPSA) is 119 Å². The van der Waals surface area contributed by atoms with Gasteiger partial charge in [-0.2, -0.15) is 21.6 Å². The Bertz CT molecular complexity index is 939. The first-order valence-corrected chi connectivity index (χ1v) is 10.7. The molecule has 2 rings (SSSR count). The molecule has 0 saturated heterocycles. The number of sulfonamides is 2. The molecule has 26 heavy (non-hydrogen) atoms. The number of halogens is 3. The van der Waals surface area contributed by atoms with Gasteiger partial charge in [-0.15, -0.1) is 4.40 Å². The van der Waals surface area contributed by atoms with Gasteiger partial charge < -0.3 is 5.32 Å². The van der Waals surface area contributed by atoms with Crippen LogP contribution in [0.25, 0.3) is 0 Å². The molecule has 0 saturated carbocycles. The molecule has 0 unspecified atom stereocenters. The number of nitrogens with zero attached hydrogens (tertiary/aromatic N) is 1. The highest BCUT2D eigenvalue weighted by atomic mass is 32.2. The Balaban J connectivity index is 2.51. The van der Waals surface area contributed by atoms with E-state index >= 15 is 0 Å². The van der Waals surface area contributed by atoms with Crippen molar-refractivity contribution in [2.75, 3.05) is 5.32 Å². The SMILES string of the molecule is CCCCCCC1=NS(=O)(=O)c2cc(S(N)(=O)=O)c(C(F)(F)F)cc2N1. The van der Waals surface area contributed by atoms with Crippen LogP contribution in [0, 0.1) is 0 Å². The van der Waals surface area contributed by atoms with Crippen molar-refractivity contribution < 1.29 is 30.0 Å². The number of nitrogens with one attached hydrogen (secondary N) is 1. The third-order valence-corrected chi connectivity index (χ3v) is 6.05. The number of rotatable bonds is 6. The van der Waals surface area contributed by atoms with Crippen LogP contribution in [0.2, 0.25) is 0 Å². The summed E-state index contributed by atoms with van der Waals surface area (Å²) in [6.45, 7) is 2.00. The molecule has 0 bridgehead atoms. The lowest BCUT2D eigenvalue weighted by atomic mass is 10.1. The van der Waals surface area contributed by atoms with Crippen molar-refractivity contribution in [2.24, 2.45) is 9.54 Å². The minimum Gasteiger partial charge on any atom is -0.342 e. The zero-order chi connectivity index (χ0) is 19.8. The molecular formula is C14H18F3N3O4S2. The van der Waals surface area contributed by atoms with Gasteiger partial charge in [0, 0.05) is 6.42 Å². The van der Waals surface area contributed by atoms with Crippen LogP contribution in [0.4, 0.5) is 18.9 Å². The summed E-state index contributed by atoms with van der Waals surface area (Å²) in [5.41, 5.74) is -1.90. The summed E-state index contributed by atoms with van der Waals surface area (Å²) in [5.74, 6) is 0.0186. The molecule has 12 heteroatoms. The van der Waals surface area contributed by atoms with E-state index in [-0.39, 0.29) is 17.9 Å². The summed E-state index contributed by atoms with van der Waals surface area (Å²) in [6.07, 6.45) is -1.44. The molecule has 1 aromatic carbocycles. The van der Waals surface area contributed by atoms with Crippen LogP contribution in [-0.4, -0.2) is 22.7 Å². The monoisotopic (exact) mass is 413 g/mol. The molecule has 0 amide bonds. The second-order valence-corrected chi connectivity index (χ2v) is 8.94. The van der Waals surface area contributed by atoms with Gasteiger partial charge in [-0.1, -0.05) is 26.2 Å². The Labute approximate surface area is 149 Å². The summed E-state index contributed by atoms with van der Waals surface area (Å²) < 4.78 is 90.6. The van der Waals surface area contributed by atoms with Crippen LogP contribution < -0.4 is 10.5 Å². The Morgan fingerprint density at radius 1 is 1.19 bits per heavy atom. The van der Waals surface area contributed by atoms with Crippen molar-refractivity contribution in [1.29, 1.82) is 0 Å². The molecule has 0 spiro atoms. The number of benzene rings is 1. The van der Waals surface area contributed by atoms with Gasteiger partial charge in [0.1, 0.15) is 10.7 Å². The number of fused-ring (bicyclic) bond motifs is 1. The molecule has 0 radical (unpaired) electrons. The molecular weight excluding hydrogens is 395 g/mol. The second kappa shape index (κ2) is 7.16. The first-order valence-electron chi connectivity index (χ1n) is 7.75. The number of nitrogens with two attached hydrogens (primary N) is 1. The minimum absolute atomic E-state index is 0.0186. The van der Waals surface area contributed by atoms with Crippen molar-refractivity contribution in [3.8, 4) is 0 Å². The Morgan fingerprint density at radius 3 is 2.38 bits per heavy atom. The van der Waals surface area contributed by atoms with Crippen molar-refractivity contribution in [3.05, 3.63) is 17.7 Å². The van der Waals surface area contributed by atoms with E-state index in [1.807, 2.05) is 6.92 Å². The van der Waals surface area contributed by atoms with Gasteiger partial charge in [0.25, 0.3) is 10.0 Å². The average Bonchev–Trinajstić information content (AvgIpc) is 2.48. The first kappa shape index (κ1) is 20.6. The lowest BCUT2D eigenvalue weighted by Gasteiger charge is -2.21. The lowest BCUT2D eigenvalue weighted by Crippen LogP contribution is -2.25. The lowest BCUT2D eigenvalue weighted by molar-refractivity contribution is -0.139. The van der Waals surface area contributed by atoms with Crippen LogP contribution >= 0.6 is 0 Å². The van der Waals surface area contributed by atoms with Gasteiger partial charge in [-0.25, -0.2) is 13.6 Å². The van der Waals surface area contributed by atoms with E-state index in [9.17, 15) is 30.0 Å². The predicted octanol–water partition coefficient (Wildman–Crippen LogP) is 2.84. The van der Waals surface area contributed by atoms with Crippen molar-refractivity contribution in [2.45, 2.75) is 55.0 Å². The molecule has 1 aliphatic heterocycles. The summed E-state index contributed by atoms with van der Waals surface area (Å²) in [6, 6.07) is 0.834. The Morgan fingerprint density at radius 2 is 1.85 bits per heavy atom. The fraction of sp³-hybridized carbons (Fsp3) is 0.500. The maximum absolute atomic E-state index is 13.2. The third-order valence-electron chi connectivity index (χ3n) is 3.75. The van der Waals surface area contributed by atoms with E-state index < -0.39 is 41.6 Å². The standard InChI is InChI=1S/C14H18F3N3O4S2/c1-2-3-4-5-6-13-19-10-7-9(14(15,16)17)11(25(18,21)22)8-12(10)26(23,24)20-13/h7-8H,2-6H2,1H3,(H,19,20)(H2,18,21,22). The molecule has 0 aromatic heterocycles. The number of unbranched alkanes of at least 4 members (excludes halogenated alkanes) is 3. The number of alkyl halides is 3. The predicted molar refractivity (Wildman–Crippen MR) is 89.8 cm³/mol. The highest BCUT2D eigenvalue weighted by Crippen LogP contribution is 2.40. The molecule has 1 aromatic rings. The minimum atomic E-state index is -5.03. The van der Waals surface area contributed by atoms with E-state index in [0.717, 1.165) is 19.3 Å². The van der Waals surface area contributed by atoms with Gasteiger partial charge in [-0.05, 0) is 18.6 Å². The maximum Gasteiger partial charge on any atom is 0.417 e. The third kappa shape index (κ3) is 4.54. The molecule has 1 heterocycles. The van der Waals surface area contributed by atoms with Gasteiger partial charge in [-0.3, -0.25) is 0 Å². The quantitative estimate of drug-likeness (QED) is 0.695. The Hall–Kier alpha value is -1.66. The highest BCUT2D eigenvalue weighted by molar-refractivity contribution is 7.91. The van der Waals surface area contributed by atoms with Crippen LogP contribution in [-0.2, 0) is 26.2 Å². The van der Waals surface area contributed by atoms with Gasteiger partial charge in [0.2, 0.25) is 10.0 Å². The van der Waals surface area contributed by atoms with E-state index in [1.54, 1.807) is 0 Å². The fourth-order valence-electron chi connectivity index (χ4n) is 2.53. The van der Waals surface area contributed by atoms with Crippen molar-refractivity contribution >= 4 is 31.6 Å². The average molecular weight is 413 g/mol. The normalized spacial score (nSPS) is 16.6. The zero-order valence-corrected chi connectivity index (χ0v) is 15.4. The molecule has 1 aliphatic rings. The molecule has 0 aliphatic carbocycles. The fourth-order valence-corrected chi connectivity index (χ4v) is 4.55. The van der Waals surface area contributed by atoms with Crippen molar-refractivity contribution in [1.82, 2.24) is 0 Å². The molecule has 0 fully saturated rings. The molecule has 7 nitrogen and oxygen atoms in total.